The van der Waals surface area contributed by atoms with Gasteiger partial charge in [0.1, 0.15) is 0 Å². The monoisotopic (exact) mass is 305 g/mol. The van der Waals surface area contributed by atoms with E-state index >= 15 is 0 Å². The number of halogens is 1. The van der Waals surface area contributed by atoms with E-state index in [1.165, 1.54) is 0 Å². The molecule has 94 valence electrons. The van der Waals surface area contributed by atoms with Crippen LogP contribution in [0.25, 0.3) is 0 Å². The fourth-order valence-corrected chi connectivity index (χ4v) is 2.03. The van der Waals surface area contributed by atoms with E-state index in [9.17, 15) is 5.11 Å². The van der Waals surface area contributed by atoms with Crippen LogP contribution in [-0.4, -0.2) is 11.7 Å². The number of hydrogen-bond acceptors (Lipinski definition) is 2. The molecule has 18 heavy (non-hydrogen) atoms. The molecule has 1 atom stereocenters. The van der Waals surface area contributed by atoms with E-state index in [-0.39, 0.29) is 0 Å². The molecule has 2 N–H and O–H groups in total. The zero-order valence-electron chi connectivity index (χ0n) is 10.0. The average Bonchev–Trinajstić information content (AvgIpc) is 2.40. The van der Waals surface area contributed by atoms with Gasteiger partial charge in [-0.2, -0.15) is 0 Å². The summed E-state index contributed by atoms with van der Waals surface area (Å²) in [6, 6.07) is 17.8. The molecule has 1 unspecified atom stereocenters. The summed E-state index contributed by atoms with van der Waals surface area (Å²) in [4.78, 5) is 0. The van der Waals surface area contributed by atoms with E-state index in [4.69, 9.17) is 0 Å². The molecule has 0 bridgehead atoms. The summed E-state index contributed by atoms with van der Waals surface area (Å²) in [6.07, 6.45) is 0.269. The minimum atomic E-state index is -0.422. The van der Waals surface area contributed by atoms with Crippen molar-refractivity contribution in [2.45, 2.75) is 12.5 Å². The molecule has 2 aromatic carbocycles. The van der Waals surface area contributed by atoms with Gasteiger partial charge in [-0.05, 0) is 36.2 Å². The molecule has 2 rings (SSSR count). The highest BCUT2D eigenvalue weighted by atomic mass is 79.9. The number of hydrogen-bond donors (Lipinski definition) is 2. The fourth-order valence-electron chi connectivity index (χ4n) is 1.76. The molecular weight excluding hydrogens is 290 g/mol. The zero-order chi connectivity index (χ0) is 12.8. The van der Waals surface area contributed by atoms with Gasteiger partial charge >= 0.3 is 0 Å². The van der Waals surface area contributed by atoms with E-state index in [1.807, 2.05) is 54.6 Å². The molecule has 2 aromatic rings. The van der Waals surface area contributed by atoms with Crippen molar-refractivity contribution in [1.82, 2.24) is 0 Å². The Morgan fingerprint density at radius 1 is 1.00 bits per heavy atom. The van der Waals surface area contributed by atoms with Crippen molar-refractivity contribution in [1.29, 1.82) is 0 Å². The van der Waals surface area contributed by atoms with Crippen LogP contribution in [0.4, 0.5) is 5.69 Å². The first-order valence-corrected chi connectivity index (χ1v) is 6.77. The van der Waals surface area contributed by atoms with Gasteiger partial charge in [0.15, 0.2) is 0 Å². The Balaban J connectivity index is 1.81. The minimum Gasteiger partial charge on any atom is -0.388 e. The van der Waals surface area contributed by atoms with Gasteiger partial charge in [0.2, 0.25) is 0 Å². The van der Waals surface area contributed by atoms with Gasteiger partial charge in [-0.3, -0.25) is 0 Å². The first-order valence-electron chi connectivity index (χ1n) is 5.98. The second-order valence-electron chi connectivity index (χ2n) is 4.15. The quantitative estimate of drug-likeness (QED) is 0.875. The van der Waals surface area contributed by atoms with Crippen LogP contribution < -0.4 is 5.32 Å². The molecule has 0 aliphatic carbocycles. The fraction of sp³-hybridized carbons (Fsp3) is 0.200. The number of rotatable bonds is 5. The SMILES string of the molecule is OC(CCNc1ccccc1)c1ccc(Br)cc1. The maximum Gasteiger partial charge on any atom is 0.0806 e. The lowest BCUT2D eigenvalue weighted by Gasteiger charge is -2.12. The number of aliphatic hydroxyl groups is 1. The van der Waals surface area contributed by atoms with Gasteiger partial charge in [0.25, 0.3) is 0 Å². The van der Waals surface area contributed by atoms with Gasteiger partial charge < -0.3 is 10.4 Å². The van der Waals surface area contributed by atoms with Crippen LogP contribution in [0.2, 0.25) is 0 Å². The molecule has 2 nitrogen and oxygen atoms in total. The van der Waals surface area contributed by atoms with Gasteiger partial charge in [-0.25, -0.2) is 0 Å². The maximum atomic E-state index is 10.0. The van der Waals surface area contributed by atoms with Crippen molar-refractivity contribution >= 4 is 21.6 Å². The summed E-state index contributed by atoms with van der Waals surface area (Å²) in [5.41, 5.74) is 2.04. The second kappa shape index (κ2) is 6.57. The molecule has 0 aliphatic rings. The first kappa shape index (κ1) is 13.1. The molecule has 0 heterocycles. The normalized spacial score (nSPS) is 12.1. The molecule has 3 heteroatoms. The topological polar surface area (TPSA) is 32.3 Å². The van der Waals surface area contributed by atoms with Crippen molar-refractivity contribution < 1.29 is 5.11 Å². The molecule has 0 aliphatic heterocycles. The number of para-hydroxylation sites is 1. The zero-order valence-corrected chi connectivity index (χ0v) is 11.6. The van der Waals surface area contributed by atoms with Crippen LogP contribution in [0.3, 0.4) is 0 Å². The summed E-state index contributed by atoms with van der Waals surface area (Å²) in [6.45, 7) is 0.751. The predicted molar refractivity (Wildman–Crippen MR) is 78.7 cm³/mol. The molecule has 0 amide bonds. The number of aliphatic hydroxyl groups excluding tert-OH is 1. The lowest BCUT2D eigenvalue weighted by Crippen LogP contribution is -2.07. The highest BCUT2D eigenvalue weighted by Crippen LogP contribution is 2.19. The molecule has 0 aromatic heterocycles. The summed E-state index contributed by atoms with van der Waals surface area (Å²) in [5.74, 6) is 0. The molecule has 0 radical (unpaired) electrons. The van der Waals surface area contributed by atoms with E-state index in [2.05, 4.69) is 21.2 Å². The van der Waals surface area contributed by atoms with Crippen LogP contribution in [0.5, 0.6) is 0 Å². The largest absolute Gasteiger partial charge is 0.388 e. The van der Waals surface area contributed by atoms with Gasteiger partial charge in [-0.1, -0.05) is 46.3 Å². The molecule has 0 saturated carbocycles. The Kier molecular flexibility index (Phi) is 4.79. The van der Waals surface area contributed by atoms with Crippen LogP contribution in [0.15, 0.2) is 59.1 Å². The lowest BCUT2D eigenvalue weighted by molar-refractivity contribution is 0.171. The van der Waals surface area contributed by atoms with Crippen molar-refractivity contribution in [3.63, 3.8) is 0 Å². The van der Waals surface area contributed by atoms with Crippen molar-refractivity contribution in [3.05, 3.63) is 64.6 Å². The van der Waals surface area contributed by atoms with Gasteiger partial charge in [0, 0.05) is 16.7 Å². The Bertz CT molecular complexity index is 470. The Morgan fingerprint density at radius 2 is 1.67 bits per heavy atom. The maximum absolute atomic E-state index is 10.0. The second-order valence-corrected chi connectivity index (χ2v) is 5.06. The van der Waals surface area contributed by atoms with E-state index in [1.54, 1.807) is 0 Å². The Morgan fingerprint density at radius 3 is 2.33 bits per heavy atom. The van der Waals surface area contributed by atoms with Crippen molar-refractivity contribution in [2.24, 2.45) is 0 Å². The highest BCUT2D eigenvalue weighted by molar-refractivity contribution is 9.10. The summed E-state index contributed by atoms with van der Waals surface area (Å²) >= 11 is 3.38. The van der Waals surface area contributed by atoms with E-state index in [0.717, 1.165) is 22.3 Å². The smallest absolute Gasteiger partial charge is 0.0806 e. The van der Waals surface area contributed by atoms with E-state index in [0.29, 0.717) is 6.42 Å². The standard InChI is InChI=1S/C15H16BrNO/c16-13-8-6-12(7-9-13)15(18)10-11-17-14-4-2-1-3-5-14/h1-9,15,17-18H,10-11H2. The molecule has 0 fully saturated rings. The predicted octanol–water partition coefficient (Wildman–Crippen LogP) is 3.98. The minimum absolute atomic E-state index is 0.422. The summed E-state index contributed by atoms with van der Waals surface area (Å²) < 4.78 is 1.03. The third-order valence-electron chi connectivity index (χ3n) is 2.78. The average molecular weight is 306 g/mol. The Labute approximate surface area is 116 Å². The lowest BCUT2D eigenvalue weighted by atomic mass is 10.1. The van der Waals surface area contributed by atoms with Gasteiger partial charge in [-0.15, -0.1) is 0 Å². The molecule has 0 spiro atoms. The summed E-state index contributed by atoms with van der Waals surface area (Å²) in [5, 5.41) is 13.3. The van der Waals surface area contributed by atoms with Crippen LogP contribution >= 0.6 is 15.9 Å². The number of anilines is 1. The summed E-state index contributed by atoms with van der Waals surface area (Å²) in [7, 11) is 0. The third-order valence-corrected chi connectivity index (χ3v) is 3.30. The van der Waals surface area contributed by atoms with Crippen LogP contribution in [0.1, 0.15) is 18.1 Å². The highest BCUT2D eigenvalue weighted by Gasteiger charge is 2.06. The number of nitrogens with one attached hydrogen (secondary N) is 1. The van der Waals surface area contributed by atoms with E-state index < -0.39 is 6.10 Å². The molecular formula is C15H16BrNO. The van der Waals surface area contributed by atoms with Crippen molar-refractivity contribution in [3.8, 4) is 0 Å². The first-order chi connectivity index (χ1) is 8.75. The van der Waals surface area contributed by atoms with Crippen LogP contribution in [0, 0.1) is 0 Å². The number of benzene rings is 2. The third kappa shape index (κ3) is 3.86. The van der Waals surface area contributed by atoms with Gasteiger partial charge in [0.05, 0.1) is 6.10 Å². The van der Waals surface area contributed by atoms with Crippen LogP contribution in [-0.2, 0) is 0 Å². The van der Waals surface area contributed by atoms with Crippen molar-refractivity contribution in [2.75, 3.05) is 11.9 Å². The Hall–Kier alpha value is -1.32. The molecule has 0 saturated heterocycles.